The van der Waals surface area contributed by atoms with Gasteiger partial charge >= 0.3 is 0 Å². The fourth-order valence-electron chi connectivity index (χ4n) is 2.66. The molecule has 0 saturated carbocycles. The molecular weight excluding hydrogens is 188 g/mol. The van der Waals surface area contributed by atoms with Crippen LogP contribution in [0.3, 0.4) is 0 Å². The smallest absolute Gasteiger partial charge is 0.0593 e. The van der Waals surface area contributed by atoms with Crippen LogP contribution in [0.25, 0.3) is 0 Å². The molecule has 0 bridgehead atoms. The third kappa shape index (κ3) is 3.74. The molecule has 1 unspecified atom stereocenters. The molecule has 88 valence electrons. The Bertz CT molecular complexity index is 180. The van der Waals surface area contributed by atoms with E-state index < -0.39 is 0 Å². The summed E-state index contributed by atoms with van der Waals surface area (Å²) >= 11 is 0. The molecule has 2 aliphatic heterocycles. The lowest BCUT2D eigenvalue weighted by atomic mass is 9.97. The van der Waals surface area contributed by atoms with Crippen molar-refractivity contribution in [1.29, 1.82) is 0 Å². The van der Waals surface area contributed by atoms with Crippen LogP contribution in [-0.2, 0) is 4.74 Å². The van der Waals surface area contributed by atoms with Crippen molar-refractivity contribution in [2.24, 2.45) is 11.8 Å². The Hall–Kier alpha value is -0.120. The first-order valence-electron chi connectivity index (χ1n) is 6.35. The Morgan fingerprint density at radius 1 is 1.33 bits per heavy atom. The van der Waals surface area contributed by atoms with Crippen molar-refractivity contribution in [1.82, 2.24) is 10.2 Å². The molecule has 2 heterocycles. The maximum Gasteiger partial charge on any atom is 0.0593 e. The Balaban J connectivity index is 1.76. The van der Waals surface area contributed by atoms with Gasteiger partial charge in [0.1, 0.15) is 0 Å². The summed E-state index contributed by atoms with van der Waals surface area (Å²) < 4.78 is 5.57. The summed E-state index contributed by atoms with van der Waals surface area (Å²) in [7, 11) is 0. The van der Waals surface area contributed by atoms with Gasteiger partial charge in [0.15, 0.2) is 0 Å². The van der Waals surface area contributed by atoms with Gasteiger partial charge in [-0.25, -0.2) is 0 Å². The molecule has 2 fully saturated rings. The van der Waals surface area contributed by atoms with Crippen LogP contribution in [0.1, 0.15) is 19.8 Å². The van der Waals surface area contributed by atoms with Crippen molar-refractivity contribution in [3.05, 3.63) is 0 Å². The summed E-state index contributed by atoms with van der Waals surface area (Å²) in [6.45, 7) is 10.2. The molecule has 2 aliphatic rings. The third-order valence-corrected chi connectivity index (χ3v) is 3.50. The van der Waals surface area contributed by atoms with E-state index in [9.17, 15) is 0 Å². The molecule has 3 nitrogen and oxygen atoms in total. The van der Waals surface area contributed by atoms with E-state index >= 15 is 0 Å². The summed E-state index contributed by atoms with van der Waals surface area (Å²) in [5, 5.41) is 3.43. The second-order valence-electron chi connectivity index (χ2n) is 5.13. The normalized spacial score (nSPS) is 31.4. The van der Waals surface area contributed by atoms with Crippen molar-refractivity contribution in [2.75, 3.05) is 45.9 Å². The molecule has 0 aromatic carbocycles. The fourth-order valence-corrected chi connectivity index (χ4v) is 2.66. The number of piperidine rings is 1. The number of ether oxygens (including phenoxy) is 1. The van der Waals surface area contributed by atoms with E-state index in [2.05, 4.69) is 17.1 Å². The summed E-state index contributed by atoms with van der Waals surface area (Å²) in [4.78, 5) is 2.60. The average Bonchev–Trinajstić information content (AvgIpc) is 2.44. The lowest BCUT2D eigenvalue weighted by molar-refractivity contribution is 0.124. The molecule has 0 amide bonds. The molecule has 2 rings (SSSR count). The number of hydrogen-bond donors (Lipinski definition) is 1. The highest BCUT2D eigenvalue weighted by Crippen LogP contribution is 2.15. The van der Waals surface area contributed by atoms with Gasteiger partial charge in [-0.3, -0.25) is 0 Å². The van der Waals surface area contributed by atoms with Gasteiger partial charge in [0.2, 0.25) is 0 Å². The van der Waals surface area contributed by atoms with Gasteiger partial charge in [-0.15, -0.1) is 0 Å². The summed E-state index contributed by atoms with van der Waals surface area (Å²) in [5.41, 5.74) is 0. The van der Waals surface area contributed by atoms with Gasteiger partial charge in [0, 0.05) is 19.6 Å². The van der Waals surface area contributed by atoms with E-state index in [0.717, 1.165) is 25.7 Å². The molecule has 15 heavy (non-hydrogen) atoms. The molecular formula is C12H24N2O. The number of hydrogen-bond acceptors (Lipinski definition) is 3. The van der Waals surface area contributed by atoms with Gasteiger partial charge < -0.3 is 15.0 Å². The lowest BCUT2D eigenvalue weighted by Gasteiger charge is -2.29. The Morgan fingerprint density at radius 2 is 2.13 bits per heavy atom. The quantitative estimate of drug-likeness (QED) is 0.738. The number of nitrogens with one attached hydrogen (secondary N) is 1. The molecule has 0 aliphatic carbocycles. The first-order valence-corrected chi connectivity index (χ1v) is 6.35. The monoisotopic (exact) mass is 212 g/mol. The average molecular weight is 212 g/mol. The Labute approximate surface area is 93.2 Å². The van der Waals surface area contributed by atoms with Gasteiger partial charge in [-0.1, -0.05) is 6.92 Å². The van der Waals surface area contributed by atoms with E-state index in [1.807, 2.05) is 0 Å². The SMILES string of the molecule is CC1COCCN(CC2CCNCC2)C1. The molecule has 1 N–H and O–H groups in total. The molecule has 0 radical (unpaired) electrons. The summed E-state index contributed by atoms with van der Waals surface area (Å²) in [5.74, 6) is 1.62. The highest BCUT2D eigenvalue weighted by atomic mass is 16.5. The zero-order chi connectivity index (χ0) is 10.5. The van der Waals surface area contributed by atoms with E-state index in [4.69, 9.17) is 4.74 Å². The molecule has 0 aromatic heterocycles. The van der Waals surface area contributed by atoms with Crippen molar-refractivity contribution in [3.63, 3.8) is 0 Å². The molecule has 0 aromatic rings. The second-order valence-corrected chi connectivity index (χ2v) is 5.13. The molecule has 3 heteroatoms. The number of nitrogens with zero attached hydrogens (tertiary/aromatic N) is 1. The van der Waals surface area contributed by atoms with E-state index in [0.29, 0.717) is 5.92 Å². The van der Waals surface area contributed by atoms with Crippen LogP contribution in [0, 0.1) is 11.8 Å². The van der Waals surface area contributed by atoms with E-state index in [1.54, 1.807) is 0 Å². The number of rotatable bonds is 2. The van der Waals surface area contributed by atoms with Crippen LogP contribution in [0.15, 0.2) is 0 Å². The van der Waals surface area contributed by atoms with Crippen molar-refractivity contribution < 1.29 is 4.74 Å². The van der Waals surface area contributed by atoms with Gasteiger partial charge in [-0.05, 0) is 37.8 Å². The minimum absolute atomic E-state index is 0.703. The molecule has 2 saturated heterocycles. The van der Waals surface area contributed by atoms with Crippen LogP contribution < -0.4 is 5.32 Å². The minimum atomic E-state index is 0.703. The lowest BCUT2D eigenvalue weighted by Crippen LogP contribution is -2.38. The van der Waals surface area contributed by atoms with Crippen LogP contribution in [0.5, 0.6) is 0 Å². The fraction of sp³-hybridized carbons (Fsp3) is 1.00. The van der Waals surface area contributed by atoms with Crippen LogP contribution in [0.4, 0.5) is 0 Å². The van der Waals surface area contributed by atoms with Crippen molar-refractivity contribution >= 4 is 0 Å². The van der Waals surface area contributed by atoms with Crippen molar-refractivity contribution in [2.45, 2.75) is 19.8 Å². The highest BCUT2D eigenvalue weighted by molar-refractivity contribution is 4.74. The Kier molecular flexibility index (Phi) is 4.42. The standard InChI is InChI=1S/C12H24N2O/c1-11-8-14(6-7-15-10-11)9-12-2-4-13-5-3-12/h11-13H,2-10H2,1H3. The molecule has 0 spiro atoms. The minimum Gasteiger partial charge on any atom is -0.380 e. The Morgan fingerprint density at radius 3 is 2.93 bits per heavy atom. The highest BCUT2D eigenvalue weighted by Gasteiger charge is 2.20. The third-order valence-electron chi connectivity index (χ3n) is 3.50. The van der Waals surface area contributed by atoms with Crippen LogP contribution in [-0.4, -0.2) is 50.8 Å². The predicted octanol–water partition coefficient (Wildman–Crippen LogP) is 0.954. The van der Waals surface area contributed by atoms with E-state index in [1.165, 1.54) is 39.0 Å². The maximum atomic E-state index is 5.57. The predicted molar refractivity (Wildman–Crippen MR) is 62.0 cm³/mol. The van der Waals surface area contributed by atoms with Gasteiger partial charge in [0.25, 0.3) is 0 Å². The topological polar surface area (TPSA) is 24.5 Å². The largest absolute Gasteiger partial charge is 0.380 e. The van der Waals surface area contributed by atoms with Crippen LogP contribution in [0.2, 0.25) is 0 Å². The zero-order valence-corrected chi connectivity index (χ0v) is 9.87. The van der Waals surface area contributed by atoms with Gasteiger partial charge in [-0.2, -0.15) is 0 Å². The van der Waals surface area contributed by atoms with Crippen LogP contribution >= 0.6 is 0 Å². The second kappa shape index (κ2) is 5.83. The zero-order valence-electron chi connectivity index (χ0n) is 9.87. The van der Waals surface area contributed by atoms with Crippen molar-refractivity contribution in [3.8, 4) is 0 Å². The maximum absolute atomic E-state index is 5.57. The summed E-state index contributed by atoms with van der Waals surface area (Å²) in [6.07, 6.45) is 2.71. The summed E-state index contributed by atoms with van der Waals surface area (Å²) in [6, 6.07) is 0. The first-order chi connectivity index (χ1) is 7.34. The molecule has 1 atom stereocenters. The first kappa shape index (κ1) is 11.4. The van der Waals surface area contributed by atoms with E-state index in [-0.39, 0.29) is 0 Å². The van der Waals surface area contributed by atoms with Gasteiger partial charge in [0.05, 0.1) is 13.2 Å².